The smallest absolute Gasteiger partial charge is 0.287 e. The molecule has 2 heterocycles. The molecular formula is C29H27ClFN5O3. The summed E-state index contributed by atoms with van der Waals surface area (Å²) in [4.78, 5) is 33.7. The SMILES string of the molecule is O=C(NCC1CCCC1)c1cn(Cc2ccc(Cl)cc2)c(Nc2ccc(Oc3cccc(F)n3)cc2)nc1=O. The molecule has 5 rings (SSSR count). The lowest BCUT2D eigenvalue weighted by Gasteiger charge is -2.16. The van der Waals surface area contributed by atoms with Gasteiger partial charge in [-0.15, -0.1) is 0 Å². The fourth-order valence-electron chi connectivity index (χ4n) is 4.50. The van der Waals surface area contributed by atoms with Gasteiger partial charge in [0.05, 0.1) is 6.54 Å². The van der Waals surface area contributed by atoms with Crippen LogP contribution in [0.2, 0.25) is 5.02 Å². The normalized spacial score (nSPS) is 13.3. The van der Waals surface area contributed by atoms with Crippen LogP contribution in [-0.4, -0.2) is 27.0 Å². The van der Waals surface area contributed by atoms with Crippen LogP contribution < -0.4 is 20.9 Å². The van der Waals surface area contributed by atoms with Gasteiger partial charge in [0.1, 0.15) is 11.3 Å². The number of rotatable bonds is 9. The third-order valence-corrected chi connectivity index (χ3v) is 6.81. The van der Waals surface area contributed by atoms with E-state index >= 15 is 0 Å². The average molecular weight is 548 g/mol. The maximum atomic E-state index is 13.3. The van der Waals surface area contributed by atoms with Gasteiger partial charge >= 0.3 is 0 Å². The Bertz CT molecular complexity index is 1500. The molecule has 1 saturated carbocycles. The van der Waals surface area contributed by atoms with E-state index in [0.29, 0.717) is 35.5 Å². The van der Waals surface area contributed by atoms with Crippen molar-refractivity contribution in [3.63, 3.8) is 0 Å². The fraction of sp³-hybridized carbons (Fsp3) is 0.241. The van der Waals surface area contributed by atoms with Crippen LogP contribution in [0.25, 0.3) is 0 Å². The van der Waals surface area contributed by atoms with Gasteiger partial charge in [-0.3, -0.25) is 9.59 Å². The van der Waals surface area contributed by atoms with Gasteiger partial charge in [0.15, 0.2) is 0 Å². The molecule has 0 atom stereocenters. The highest BCUT2D eigenvalue weighted by atomic mass is 35.5. The topological polar surface area (TPSA) is 98.1 Å². The summed E-state index contributed by atoms with van der Waals surface area (Å²) >= 11 is 6.04. The Kier molecular flexibility index (Phi) is 8.17. The van der Waals surface area contributed by atoms with Crippen LogP contribution in [0, 0.1) is 11.9 Å². The summed E-state index contributed by atoms with van der Waals surface area (Å²) in [5, 5.41) is 6.67. The number of halogens is 2. The molecule has 0 unspecified atom stereocenters. The molecule has 2 N–H and O–H groups in total. The number of hydrogen-bond acceptors (Lipinski definition) is 6. The molecule has 1 aliphatic rings. The predicted octanol–water partition coefficient (Wildman–Crippen LogP) is 5.94. The molecule has 2 aromatic heterocycles. The molecule has 0 bridgehead atoms. The molecule has 200 valence electrons. The van der Waals surface area contributed by atoms with E-state index in [0.717, 1.165) is 18.4 Å². The number of hydrogen-bond donors (Lipinski definition) is 2. The molecule has 4 aromatic rings. The Hall–Kier alpha value is -4.24. The zero-order chi connectivity index (χ0) is 27.2. The highest BCUT2D eigenvalue weighted by molar-refractivity contribution is 6.30. The monoisotopic (exact) mass is 547 g/mol. The minimum atomic E-state index is -0.633. The van der Waals surface area contributed by atoms with Gasteiger partial charge < -0.3 is 19.9 Å². The first-order chi connectivity index (χ1) is 18.9. The number of carbonyl (C=O) groups excluding carboxylic acids is 1. The fourth-order valence-corrected chi connectivity index (χ4v) is 4.63. The molecule has 0 saturated heterocycles. The van der Waals surface area contributed by atoms with Crippen molar-refractivity contribution < 1.29 is 13.9 Å². The summed E-state index contributed by atoms with van der Waals surface area (Å²) in [5.41, 5.74) is 0.908. The molecule has 8 nitrogen and oxygen atoms in total. The van der Waals surface area contributed by atoms with E-state index in [4.69, 9.17) is 16.3 Å². The largest absolute Gasteiger partial charge is 0.439 e. The predicted molar refractivity (Wildman–Crippen MR) is 147 cm³/mol. The minimum Gasteiger partial charge on any atom is -0.439 e. The van der Waals surface area contributed by atoms with Gasteiger partial charge in [0.25, 0.3) is 11.5 Å². The first kappa shape index (κ1) is 26.4. The lowest BCUT2D eigenvalue weighted by Crippen LogP contribution is -2.34. The summed E-state index contributed by atoms with van der Waals surface area (Å²) < 4.78 is 20.7. The quantitative estimate of drug-likeness (QED) is 0.252. The zero-order valence-electron chi connectivity index (χ0n) is 21.1. The second kappa shape index (κ2) is 12.1. The van der Waals surface area contributed by atoms with Gasteiger partial charge in [-0.25, -0.2) is 0 Å². The van der Waals surface area contributed by atoms with Gasteiger partial charge in [-0.2, -0.15) is 14.4 Å². The van der Waals surface area contributed by atoms with Gasteiger partial charge in [0.2, 0.25) is 17.8 Å². The van der Waals surface area contributed by atoms with Crippen molar-refractivity contribution in [3.05, 3.63) is 105 Å². The van der Waals surface area contributed by atoms with Crippen molar-refractivity contribution in [2.45, 2.75) is 32.2 Å². The van der Waals surface area contributed by atoms with Crippen molar-refractivity contribution >= 4 is 29.1 Å². The van der Waals surface area contributed by atoms with Crippen LogP contribution in [0.4, 0.5) is 16.0 Å². The first-order valence-electron chi connectivity index (χ1n) is 12.7. The van der Waals surface area contributed by atoms with Gasteiger partial charge in [-0.05, 0) is 66.8 Å². The molecule has 1 amide bonds. The zero-order valence-corrected chi connectivity index (χ0v) is 21.8. The molecule has 1 fully saturated rings. The lowest BCUT2D eigenvalue weighted by atomic mass is 10.1. The van der Waals surface area contributed by atoms with E-state index in [1.807, 2.05) is 12.1 Å². The second-order valence-corrected chi connectivity index (χ2v) is 9.88. The molecular weight excluding hydrogens is 521 g/mol. The van der Waals surface area contributed by atoms with Crippen molar-refractivity contribution in [2.24, 2.45) is 5.92 Å². The van der Waals surface area contributed by atoms with Crippen LogP contribution in [0.5, 0.6) is 11.6 Å². The number of nitrogens with one attached hydrogen (secondary N) is 2. The van der Waals surface area contributed by atoms with Crippen LogP contribution in [0.15, 0.2) is 77.7 Å². The van der Waals surface area contributed by atoms with Crippen molar-refractivity contribution in [1.82, 2.24) is 19.9 Å². The Balaban J connectivity index is 1.37. The van der Waals surface area contributed by atoms with E-state index in [1.54, 1.807) is 47.0 Å². The number of pyridine rings is 1. The molecule has 0 spiro atoms. The van der Waals surface area contributed by atoms with Gasteiger partial charge in [-0.1, -0.05) is 42.6 Å². The number of anilines is 2. The molecule has 10 heteroatoms. The van der Waals surface area contributed by atoms with Crippen molar-refractivity contribution in [3.8, 4) is 11.6 Å². The van der Waals surface area contributed by atoms with E-state index in [-0.39, 0.29) is 17.4 Å². The Morgan fingerprint density at radius 2 is 1.77 bits per heavy atom. The van der Waals surface area contributed by atoms with E-state index in [2.05, 4.69) is 20.6 Å². The molecule has 1 aliphatic carbocycles. The Labute approximate surface area is 229 Å². The van der Waals surface area contributed by atoms with Crippen molar-refractivity contribution in [2.75, 3.05) is 11.9 Å². The van der Waals surface area contributed by atoms with Gasteiger partial charge in [0, 0.05) is 29.5 Å². The number of aromatic nitrogens is 3. The van der Waals surface area contributed by atoms with Crippen LogP contribution >= 0.6 is 11.6 Å². The average Bonchev–Trinajstić information content (AvgIpc) is 3.45. The van der Waals surface area contributed by atoms with E-state index in [9.17, 15) is 14.0 Å². The molecule has 0 radical (unpaired) electrons. The summed E-state index contributed by atoms with van der Waals surface area (Å²) in [5.74, 6) is 0.246. The number of carbonyl (C=O) groups is 1. The Morgan fingerprint density at radius 1 is 1.03 bits per heavy atom. The molecule has 39 heavy (non-hydrogen) atoms. The molecule has 2 aromatic carbocycles. The highest BCUT2D eigenvalue weighted by Gasteiger charge is 2.19. The summed E-state index contributed by atoms with van der Waals surface area (Å²) in [6.07, 6.45) is 6.05. The standard InChI is InChI=1S/C29H27ClFN5O3/c30-21-10-8-20(9-11-21)17-36-18-24(27(37)32-16-19-4-1-2-5-19)28(38)35-29(36)33-22-12-14-23(15-13-22)39-26-7-3-6-25(31)34-26/h3,6-15,18-19H,1-2,4-5,16-17H2,(H,32,37)(H,33,35,38). The number of amides is 1. The maximum Gasteiger partial charge on any atom is 0.287 e. The maximum absolute atomic E-state index is 13.3. The lowest BCUT2D eigenvalue weighted by molar-refractivity contribution is 0.0945. The van der Waals surface area contributed by atoms with Crippen LogP contribution in [-0.2, 0) is 6.54 Å². The van der Waals surface area contributed by atoms with Crippen LogP contribution in [0.1, 0.15) is 41.6 Å². The third-order valence-electron chi connectivity index (χ3n) is 6.55. The molecule has 0 aliphatic heterocycles. The second-order valence-electron chi connectivity index (χ2n) is 9.45. The van der Waals surface area contributed by atoms with E-state index < -0.39 is 17.4 Å². The van der Waals surface area contributed by atoms with Crippen LogP contribution in [0.3, 0.4) is 0 Å². The Morgan fingerprint density at radius 3 is 2.49 bits per heavy atom. The number of nitrogens with zero attached hydrogens (tertiary/aromatic N) is 3. The first-order valence-corrected chi connectivity index (χ1v) is 13.1. The third kappa shape index (κ3) is 7.00. The van der Waals surface area contributed by atoms with E-state index in [1.165, 1.54) is 31.2 Å². The number of benzene rings is 2. The summed E-state index contributed by atoms with van der Waals surface area (Å²) in [7, 11) is 0. The van der Waals surface area contributed by atoms with Crippen molar-refractivity contribution in [1.29, 1.82) is 0 Å². The highest BCUT2D eigenvalue weighted by Crippen LogP contribution is 2.25. The number of ether oxygens (including phenoxy) is 1. The minimum absolute atomic E-state index is 0.0150. The summed E-state index contributed by atoms with van der Waals surface area (Å²) in [6.45, 7) is 0.900. The summed E-state index contributed by atoms with van der Waals surface area (Å²) in [6, 6.07) is 18.4.